The van der Waals surface area contributed by atoms with Crippen LogP contribution in [0.1, 0.15) is 25.7 Å². The molecule has 6 heteroatoms. The highest BCUT2D eigenvalue weighted by Crippen LogP contribution is 2.45. The van der Waals surface area contributed by atoms with Crippen LogP contribution in [0.3, 0.4) is 0 Å². The third-order valence-electron chi connectivity index (χ3n) is 4.46. The summed E-state index contributed by atoms with van der Waals surface area (Å²) < 4.78 is 33.1. The lowest BCUT2D eigenvalue weighted by Gasteiger charge is -2.23. The largest absolute Gasteiger partial charge is 0.495 e. The number of nitrogens with one attached hydrogen (secondary N) is 1. The standard InChI is InChI=1S/C14H18ClNO3S/c1-19-13-5-4-11(15)8-14(13)20(17,18)16-12-7-9-2-3-10(12)6-9/h4-5,8-10,12,16H,2-3,6-7H2,1H3/t9-,10+,12+/m0/s1. The molecule has 2 fully saturated rings. The molecule has 0 amide bonds. The number of sulfonamides is 1. The van der Waals surface area contributed by atoms with Crippen molar-refractivity contribution >= 4 is 21.6 Å². The molecule has 0 saturated heterocycles. The zero-order valence-electron chi connectivity index (χ0n) is 11.3. The van der Waals surface area contributed by atoms with E-state index in [0.29, 0.717) is 22.6 Å². The van der Waals surface area contributed by atoms with E-state index in [9.17, 15) is 8.42 Å². The topological polar surface area (TPSA) is 55.4 Å². The summed E-state index contributed by atoms with van der Waals surface area (Å²) >= 11 is 5.91. The molecule has 0 aromatic heterocycles. The number of hydrogen-bond donors (Lipinski definition) is 1. The Morgan fingerprint density at radius 3 is 2.70 bits per heavy atom. The van der Waals surface area contributed by atoms with Crippen LogP contribution in [-0.2, 0) is 10.0 Å². The fourth-order valence-electron chi connectivity index (χ4n) is 3.51. The van der Waals surface area contributed by atoms with E-state index in [1.807, 2.05) is 0 Å². The highest BCUT2D eigenvalue weighted by atomic mass is 35.5. The second-order valence-corrected chi connectivity index (χ2v) is 7.82. The fourth-order valence-corrected chi connectivity index (χ4v) is 5.26. The van der Waals surface area contributed by atoms with E-state index in [-0.39, 0.29) is 10.9 Å². The predicted molar refractivity (Wildman–Crippen MR) is 77.6 cm³/mol. The fraction of sp³-hybridized carbons (Fsp3) is 0.571. The van der Waals surface area contributed by atoms with Gasteiger partial charge in [0.1, 0.15) is 10.6 Å². The van der Waals surface area contributed by atoms with E-state index in [4.69, 9.17) is 16.3 Å². The number of benzene rings is 1. The van der Waals surface area contributed by atoms with Gasteiger partial charge < -0.3 is 4.74 Å². The van der Waals surface area contributed by atoms with Crippen molar-refractivity contribution in [2.24, 2.45) is 11.8 Å². The van der Waals surface area contributed by atoms with Crippen molar-refractivity contribution in [2.45, 2.75) is 36.6 Å². The Morgan fingerprint density at radius 1 is 1.30 bits per heavy atom. The van der Waals surface area contributed by atoms with Crippen LogP contribution < -0.4 is 9.46 Å². The van der Waals surface area contributed by atoms with Crippen molar-refractivity contribution in [1.29, 1.82) is 0 Å². The molecule has 4 nitrogen and oxygen atoms in total. The van der Waals surface area contributed by atoms with Gasteiger partial charge in [0.2, 0.25) is 10.0 Å². The molecule has 3 atom stereocenters. The molecule has 0 radical (unpaired) electrons. The summed E-state index contributed by atoms with van der Waals surface area (Å²) in [6, 6.07) is 4.70. The number of methoxy groups -OCH3 is 1. The van der Waals surface area contributed by atoms with Crippen LogP contribution in [0.2, 0.25) is 5.02 Å². The van der Waals surface area contributed by atoms with Gasteiger partial charge in [-0.3, -0.25) is 0 Å². The second-order valence-electron chi connectivity index (χ2n) is 5.70. The molecule has 2 aliphatic carbocycles. The number of hydrogen-bond acceptors (Lipinski definition) is 3. The zero-order chi connectivity index (χ0) is 14.3. The van der Waals surface area contributed by atoms with E-state index in [0.717, 1.165) is 19.3 Å². The molecule has 0 spiro atoms. The van der Waals surface area contributed by atoms with Gasteiger partial charge in [-0.25, -0.2) is 13.1 Å². The number of ether oxygens (including phenoxy) is 1. The number of rotatable bonds is 4. The Hall–Kier alpha value is -0.780. The van der Waals surface area contributed by atoms with E-state index >= 15 is 0 Å². The summed E-state index contributed by atoms with van der Waals surface area (Å²) in [4.78, 5) is 0.121. The molecule has 1 aromatic rings. The molecule has 20 heavy (non-hydrogen) atoms. The lowest BCUT2D eigenvalue weighted by atomic mass is 9.96. The first-order valence-corrected chi connectivity index (χ1v) is 8.71. The zero-order valence-corrected chi connectivity index (χ0v) is 12.9. The Balaban J connectivity index is 1.86. The Kier molecular flexibility index (Phi) is 3.69. The van der Waals surface area contributed by atoms with Gasteiger partial charge in [0.25, 0.3) is 0 Å². The molecule has 2 bridgehead atoms. The molecule has 0 heterocycles. The number of halogens is 1. The minimum Gasteiger partial charge on any atom is -0.495 e. The Labute approximate surface area is 124 Å². The van der Waals surface area contributed by atoms with Crippen LogP contribution >= 0.6 is 11.6 Å². The maximum Gasteiger partial charge on any atom is 0.244 e. The van der Waals surface area contributed by atoms with Gasteiger partial charge in [0.15, 0.2) is 0 Å². The Bertz CT molecular complexity index is 617. The Morgan fingerprint density at radius 2 is 2.10 bits per heavy atom. The van der Waals surface area contributed by atoms with Crippen molar-refractivity contribution in [1.82, 2.24) is 4.72 Å². The molecule has 2 aliphatic rings. The van der Waals surface area contributed by atoms with Gasteiger partial charge >= 0.3 is 0 Å². The van der Waals surface area contributed by atoms with Crippen molar-refractivity contribution in [3.63, 3.8) is 0 Å². The van der Waals surface area contributed by atoms with E-state index < -0.39 is 10.0 Å². The summed E-state index contributed by atoms with van der Waals surface area (Å²) in [5.74, 6) is 1.50. The maximum atomic E-state index is 12.5. The van der Waals surface area contributed by atoms with E-state index in [1.54, 1.807) is 12.1 Å². The van der Waals surface area contributed by atoms with Crippen molar-refractivity contribution in [2.75, 3.05) is 7.11 Å². The average molecular weight is 316 g/mol. The highest BCUT2D eigenvalue weighted by molar-refractivity contribution is 7.89. The summed E-state index contributed by atoms with van der Waals surface area (Å²) in [6.07, 6.45) is 4.47. The number of fused-ring (bicyclic) bond motifs is 2. The molecule has 3 rings (SSSR count). The molecule has 0 unspecified atom stereocenters. The summed E-state index contributed by atoms with van der Waals surface area (Å²) in [5, 5.41) is 0.388. The van der Waals surface area contributed by atoms with Crippen molar-refractivity contribution in [3.8, 4) is 5.75 Å². The van der Waals surface area contributed by atoms with Crippen LogP contribution in [0, 0.1) is 11.8 Å². The van der Waals surface area contributed by atoms with Gasteiger partial charge in [-0.2, -0.15) is 0 Å². The van der Waals surface area contributed by atoms with E-state index in [2.05, 4.69) is 4.72 Å². The van der Waals surface area contributed by atoms with Crippen molar-refractivity contribution in [3.05, 3.63) is 23.2 Å². The van der Waals surface area contributed by atoms with Crippen LogP contribution in [-0.4, -0.2) is 21.6 Å². The van der Waals surface area contributed by atoms with Crippen LogP contribution in [0.15, 0.2) is 23.1 Å². The quantitative estimate of drug-likeness (QED) is 0.929. The first-order chi connectivity index (χ1) is 9.49. The van der Waals surface area contributed by atoms with Gasteiger partial charge in [0, 0.05) is 11.1 Å². The molecule has 1 aromatic carbocycles. The second kappa shape index (κ2) is 5.20. The third kappa shape index (κ3) is 2.54. The molecular formula is C14H18ClNO3S. The predicted octanol–water partition coefficient (Wildman–Crippen LogP) is 2.82. The summed E-state index contributed by atoms with van der Waals surface area (Å²) in [7, 11) is -2.13. The summed E-state index contributed by atoms with van der Waals surface area (Å²) in [6.45, 7) is 0. The highest BCUT2D eigenvalue weighted by Gasteiger charge is 2.41. The lowest BCUT2D eigenvalue weighted by molar-refractivity contribution is 0.385. The van der Waals surface area contributed by atoms with Crippen LogP contribution in [0.25, 0.3) is 0 Å². The van der Waals surface area contributed by atoms with Crippen molar-refractivity contribution < 1.29 is 13.2 Å². The van der Waals surface area contributed by atoms with Gasteiger partial charge in [-0.05, 0) is 49.3 Å². The molecule has 110 valence electrons. The SMILES string of the molecule is COc1ccc(Cl)cc1S(=O)(=O)N[C@@H]1C[C@H]2CC[C@@H]1C2. The van der Waals surface area contributed by atoms with Gasteiger partial charge in [-0.15, -0.1) is 0 Å². The maximum absolute atomic E-state index is 12.5. The third-order valence-corrected chi connectivity index (χ3v) is 6.21. The van der Waals surface area contributed by atoms with Crippen LogP contribution in [0.4, 0.5) is 0 Å². The molecule has 2 saturated carbocycles. The monoisotopic (exact) mass is 315 g/mol. The average Bonchev–Trinajstić information content (AvgIpc) is 3.00. The normalized spacial score (nSPS) is 28.8. The van der Waals surface area contributed by atoms with Crippen LogP contribution in [0.5, 0.6) is 5.75 Å². The van der Waals surface area contributed by atoms with E-state index in [1.165, 1.54) is 19.6 Å². The lowest BCUT2D eigenvalue weighted by Crippen LogP contribution is -2.38. The molecule has 1 N–H and O–H groups in total. The molecule has 0 aliphatic heterocycles. The smallest absolute Gasteiger partial charge is 0.244 e. The van der Waals surface area contributed by atoms with Gasteiger partial charge in [0.05, 0.1) is 7.11 Å². The first-order valence-electron chi connectivity index (χ1n) is 6.85. The summed E-state index contributed by atoms with van der Waals surface area (Å²) in [5.41, 5.74) is 0. The first kappa shape index (κ1) is 14.2. The minimum absolute atomic E-state index is 0.0578. The molecular weight excluding hydrogens is 298 g/mol. The minimum atomic E-state index is -3.59. The van der Waals surface area contributed by atoms with Gasteiger partial charge in [-0.1, -0.05) is 18.0 Å².